The van der Waals surface area contributed by atoms with Crippen LogP contribution in [0.5, 0.6) is 0 Å². The Hall–Kier alpha value is -3.11. The molecule has 0 saturated carbocycles. The Morgan fingerprint density at radius 3 is 2.50 bits per heavy atom. The molecule has 2 N–H and O–H groups in total. The lowest BCUT2D eigenvalue weighted by Gasteiger charge is -2.12. The highest BCUT2D eigenvalue weighted by molar-refractivity contribution is 9.10. The molecular formula is C20H17BrN2O6S. The zero-order valence-corrected chi connectivity index (χ0v) is 18.1. The summed E-state index contributed by atoms with van der Waals surface area (Å²) in [6, 6.07) is 13.4. The van der Waals surface area contributed by atoms with Gasteiger partial charge in [0.05, 0.1) is 24.1 Å². The van der Waals surface area contributed by atoms with Gasteiger partial charge in [-0.1, -0.05) is 6.07 Å². The fourth-order valence-corrected chi connectivity index (χ4v) is 4.66. The summed E-state index contributed by atoms with van der Waals surface area (Å²) in [6.07, 6.45) is 1.38. The number of hydrogen-bond donors (Lipinski definition) is 2. The van der Waals surface area contributed by atoms with Gasteiger partial charge in [0.1, 0.15) is 4.90 Å². The molecule has 1 heterocycles. The quantitative estimate of drug-likeness (QED) is 0.475. The second-order valence-electron chi connectivity index (χ2n) is 5.98. The van der Waals surface area contributed by atoms with E-state index in [4.69, 9.17) is 9.15 Å². The van der Waals surface area contributed by atoms with Crippen molar-refractivity contribution >= 4 is 49.2 Å². The van der Waals surface area contributed by atoms with E-state index in [0.717, 1.165) is 0 Å². The van der Waals surface area contributed by atoms with Gasteiger partial charge in [0.25, 0.3) is 15.9 Å². The zero-order chi connectivity index (χ0) is 21.7. The Balaban J connectivity index is 1.78. The van der Waals surface area contributed by atoms with Gasteiger partial charge < -0.3 is 14.5 Å². The van der Waals surface area contributed by atoms with Crippen LogP contribution in [0.1, 0.15) is 27.8 Å². The van der Waals surface area contributed by atoms with Crippen LogP contribution < -0.4 is 10.0 Å². The molecule has 0 aliphatic heterocycles. The van der Waals surface area contributed by atoms with Crippen molar-refractivity contribution in [2.24, 2.45) is 0 Å². The minimum atomic E-state index is -3.97. The fourth-order valence-electron chi connectivity index (χ4n) is 2.53. The van der Waals surface area contributed by atoms with E-state index in [-0.39, 0.29) is 33.0 Å². The molecule has 0 spiro atoms. The van der Waals surface area contributed by atoms with Crippen molar-refractivity contribution in [2.75, 3.05) is 16.6 Å². The Bertz CT molecular complexity index is 1180. The van der Waals surface area contributed by atoms with Crippen molar-refractivity contribution in [3.05, 3.63) is 76.7 Å². The van der Waals surface area contributed by atoms with E-state index in [1.54, 1.807) is 31.2 Å². The molecule has 0 fully saturated rings. The van der Waals surface area contributed by atoms with E-state index in [0.29, 0.717) is 5.69 Å². The van der Waals surface area contributed by atoms with E-state index in [1.807, 2.05) is 0 Å². The number of halogens is 1. The Labute approximate surface area is 181 Å². The number of amides is 1. The molecule has 0 aliphatic carbocycles. The first kappa shape index (κ1) is 21.6. The first-order valence-electron chi connectivity index (χ1n) is 8.74. The van der Waals surface area contributed by atoms with Crippen LogP contribution in [0.25, 0.3) is 0 Å². The van der Waals surface area contributed by atoms with Gasteiger partial charge in [0, 0.05) is 10.2 Å². The number of ether oxygens (including phenoxy) is 1. The minimum Gasteiger partial charge on any atom is -0.462 e. The second kappa shape index (κ2) is 9.14. The van der Waals surface area contributed by atoms with Gasteiger partial charge in [-0.2, -0.15) is 0 Å². The van der Waals surface area contributed by atoms with Crippen molar-refractivity contribution in [3.8, 4) is 0 Å². The van der Waals surface area contributed by atoms with Crippen molar-refractivity contribution in [2.45, 2.75) is 11.8 Å². The summed E-state index contributed by atoms with van der Waals surface area (Å²) in [4.78, 5) is 23.8. The predicted octanol–water partition coefficient (Wildman–Crippen LogP) is 4.27. The molecule has 1 amide bonds. The highest BCUT2D eigenvalue weighted by Gasteiger charge is 2.20. The minimum absolute atomic E-state index is 0.0550. The molecule has 0 atom stereocenters. The van der Waals surface area contributed by atoms with E-state index in [1.165, 1.54) is 36.6 Å². The molecule has 156 valence electrons. The monoisotopic (exact) mass is 492 g/mol. The van der Waals surface area contributed by atoms with E-state index in [2.05, 4.69) is 26.0 Å². The van der Waals surface area contributed by atoms with Gasteiger partial charge in [0.2, 0.25) is 0 Å². The van der Waals surface area contributed by atoms with Gasteiger partial charge in [-0.15, -0.1) is 0 Å². The molecule has 3 rings (SSSR count). The van der Waals surface area contributed by atoms with Gasteiger partial charge >= 0.3 is 5.97 Å². The number of carbonyl (C=O) groups is 2. The number of sulfonamides is 1. The molecule has 2 aromatic carbocycles. The maximum absolute atomic E-state index is 12.8. The predicted molar refractivity (Wildman–Crippen MR) is 114 cm³/mol. The molecule has 3 aromatic rings. The summed E-state index contributed by atoms with van der Waals surface area (Å²) in [6.45, 7) is 1.89. The molecule has 0 radical (unpaired) electrons. The average molecular weight is 493 g/mol. The Morgan fingerprint density at radius 2 is 1.83 bits per heavy atom. The molecule has 0 saturated heterocycles. The lowest BCUT2D eigenvalue weighted by Crippen LogP contribution is -2.15. The number of nitrogens with one attached hydrogen (secondary N) is 2. The van der Waals surface area contributed by atoms with Crippen LogP contribution in [0.4, 0.5) is 11.4 Å². The van der Waals surface area contributed by atoms with Crippen LogP contribution in [-0.2, 0) is 14.8 Å². The summed E-state index contributed by atoms with van der Waals surface area (Å²) in [5.74, 6) is -0.876. The number of anilines is 2. The third-order valence-electron chi connectivity index (χ3n) is 3.85. The number of rotatable bonds is 7. The molecule has 8 nitrogen and oxygen atoms in total. The van der Waals surface area contributed by atoms with Gasteiger partial charge in [-0.05, 0) is 71.4 Å². The molecule has 0 unspecified atom stereocenters. The highest BCUT2D eigenvalue weighted by Crippen LogP contribution is 2.27. The van der Waals surface area contributed by atoms with Crippen LogP contribution in [0.15, 0.2) is 74.6 Å². The lowest BCUT2D eigenvalue weighted by molar-refractivity contribution is 0.0526. The van der Waals surface area contributed by atoms with Crippen LogP contribution in [-0.4, -0.2) is 26.9 Å². The number of hydrogen-bond acceptors (Lipinski definition) is 6. The van der Waals surface area contributed by atoms with Crippen molar-refractivity contribution in [1.82, 2.24) is 0 Å². The molecule has 30 heavy (non-hydrogen) atoms. The third kappa shape index (κ3) is 5.08. The smallest absolute Gasteiger partial charge is 0.338 e. The lowest BCUT2D eigenvalue weighted by atomic mass is 10.2. The molecule has 1 aromatic heterocycles. The number of carbonyl (C=O) groups excluding carboxylic acids is 2. The number of furan rings is 1. The molecular weight excluding hydrogens is 476 g/mol. The Kier molecular flexibility index (Phi) is 6.58. The SMILES string of the molecule is CCOC(=O)c1ccc(S(=O)(=O)Nc2cccc(NC(=O)c3ccco3)c2)c(Br)c1. The third-order valence-corrected chi connectivity index (χ3v) is 6.21. The van der Waals surface area contributed by atoms with Crippen molar-refractivity contribution < 1.29 is 27.2 Å². The molecule has 10 heteroatoms. The van der Waals surface area contributed by atoms with Gasteiger partial charge in [0.15, 0.2) is 5.76 Å². The summed E-state index contributed by atoms with van der Waals surface area (Å²) in [5, 5.41) is 2.63. The van der Waals surface area contributed by atoms with Crippen LogP contribution in [0.2, 0.25) is 0 Å². The maximum Gasteiger partial charge on any atom is 0.338 e. The largest absolute Gasteiger partial charge is 0.462 e. The number of benzene rings is 2. The normalized spacial score (nSPS) is 11.0. The maximum atomic E-state index is 12.8. The average Bonchev–Trinajstić information content (AvgIpc) is 3.23. The standard InChI is InChI=1S/C20H17BrN2O6S/c1-2-28-20(25)13-8-9-18(16(21)11-13)30(26,27)23-15-6-3-5-14(12-15)22-19(24)17-7-4-10-29-17/h3-12,23H,2H2,1H3,(H,22,24). The Morgan fingerprint density at radius 1 is 1.07 bits per heavy atom. The van der Waals surface area contributed by atoms with Crippen LogP contribution in [0, 0.1) is 0 Å². The zero-order valence-electron chi connectivity index (χ0n) is 15.7. The first-order valence-corrected chi connectivity index (χ1v) is 11.0. The van der Waals surface area contributed by atoms with Crippen LogP contribution >= 0.6 is 15.9 Å². The number of esters is 1. The van der Waals surface area contributed by atoms with Crippen LogP contribution in [0.3, 0.4) is 0 Å². The summed E-state index contributed by atoms with van der Waals surface area (Å²) >= 11 is 3.19. The van der Waals surface area contributed by atoms with Crippen molar-refractivity contribution in [3.63, 3.8) is 0 Å². The second-order valence-corrected chi connectivity index (χ2v) is 8.49. The van der Waals surface area contributed by atoms with Crippen molar-refractivity contribution in [1.29, 1.82) is 0 Å². The molecule has 0 aliphatic rings. The topological polar surface area (TPSA) is 115 Å². The summed E-state index contributed by atoms with van der Waals surface area (Å²) in [7, 11) is -3.97. The molecule has 0 bridgehead atoms. The summed E-state index contributed by atoms with van der Waals surface area (Å²) in [5.41, 5.74) is 0.854. The van der Waals surface area contributed by atoms with E-state index in [9.17, 15) is 18.0 Å². The highest BCUT2D eigenvalue weighted by atomic mass is 79.9. The summed E-state index contributed by atoms with van der Waals surface area (Å²) < 4.78 is 38.2. The van der Waals surface area contributed by atoms with E-state index >= 15 is 0 Å². The first-order chi connectivity index (χ1) is 14.3. The van der Waals surface area contributed by atoms with Gasteiger partial charge in [-0.3, -0.25) is 9.52 Å². The fraction of sp³-hybridized carbons (Fsp3) is 0.100. The van der Waals surface area contributed by atoms with Gasteiger partial charge in [-0.25, -0.2) is 13.2 Å². The van der Waals surface area contributed by atoms with E-state index < -0.39 is 21.9 Å².